The van der Waals surface area contributed by atoms with Gasteiger partial charge in [-0.05, 0) is 55.0 Å². The second-order valence-electron chi connectivity index (χ2n) is 6.42. The topological polar surface area (TPSA) is 56.1 Å². The Balaban J connectivity index is 1.53. The van der Waals surface area contributed by atoms with E-state index in [1.807, 2.05) is 52.7 Å². The Morgan fingerprint density at radius 3 is 2.92 bits per heavy atom. The van der Waals surface area contributed by atoms with Gasteiger partial charge in [0.25, 0.3) is 0 Å². The van der Waals surface area contributed by atoms with Gasteiger partial charge >= 0.3 is 0 Å². The van der Waals surface area contributed by atoms with E-state index in [1.54, 1.807) is 18.4 Å². The van der Waals surface area contributed by atoms with E-state index in [1.165, 1.54) is 5.69 Å². The maximum Gasteiger partial charge on any atom is 0.225 e. The number of hydrogen-bond donors (Lipinski definition) is 1. The SMILES string of the molecule is COc1ccc(-n2ncc3c2CCC[C@@H]3NC(=O)Cc2cccs2)cc1. The lowest BCUT2D eigenvalue weighted by Crippen LogP contribution is -2.31. The largest absolute Gasteiger partial charge is 0.497 e. The number of carbonyl (C=O) groups excluding carboxylic acids is 1. The van der Waals surface area contributed by atoms with Crippen molar-refractivity contribution in [3.05, 3.63) is 64.1 Å². The molecule has 1 amide bonds. The summed E-state index contributed by atoms with van der Waals surface area (Å²) in [6.45, 7) is 0. The fraction of sp³-hybridized carbons (Fsp3) is 0.300. The number of amides is 1. The third-order valence-electron chi connectivity index (χ3n) is 4.75. The van der Waals surface area contributed by atoms with Crippen LogP contribution in [-0.4, -0.2) is 22.8 Å². The molecule has 2 heterocycles. The molecule has 0 radical (unpaired) electrons. The maximum atomic E-state index is 12.4. The van der Waals surface area contributed by atoms with Gasteiger partial charge in [0.05, 0.1) is 31.5 Å². The summed E-state index contributed by atoms with van der Waals surface area (Å²) < 4.78 is 7.21. The van der Waals surface area contributed by atoms with Crippen molar-refractivity contribution in [3.63, 3.8) is 0 Å². The Morgan fingerprint density at radius 1 is 1.35 bits per heavy atom. The van der Waals surface area contributed by atoms with Crippen molar-refractivity contribution in [2.24, 2.45) is 0 Å². The molecule has 134 valence electrons. The maximum absolute atomic E-state index is 12.4. The summed E-state index contributed by atoms with van der Waals surface area (Å²) in [5.41, 5.74) is 3.33. The summed E-state index contributed by atoms with van der Waals surface area (Å²) in [7, 11) is 1.66. The Kier molecular flexibility index (Phi) is 4.75. The van der Waals surface area contributed by atoms with E-state index >= 15 is 0 Å². The van der Waals surface area contributed by atoms with Crippen LogP contribution < -0.4 is 10.1 Å². The minimum atomic E-state index is 0.0400. The third-order valence-corrected chi connectivity index (χ3v) is 5.63. The number of aromatic nitrogens is 2. The fourth-order valence-corrected chi connectivity index (χ4v) is 4.17. The molecule has 0 unspecified atom stereocenters. The van der Waals surface area contributed by atoms with Crippen LogP contribution >= 0.6 is 11.3 Å². The molecule has 0 spiro atoms. The normalized spacial score (nSPS) is 16.1. The Hall–Kier alpha value is -2.60. The van der Waals surface area contributed by atoms with Crippen molar-refractivity contribution >= 4 is 17.2 Å². The van der Waals surface area contributed by atoms with Gasteiger partial charge in [-0.1, -0.05) is 6.07 Å². The molecule has 0 bridgehead atoms. The molecule has 0 aliphatic heterocycles. The van der Waals surface area contributed by atoms with Crippen molar-refractivity contribution in [3.8, 4) is 11.4 Å². The molecule has 4 rings (SSSR count). The third kappa shape index (κ3) is 3.37. The van der Waals surface area contributed by atoms with E-state index in [-0.39, 0.29) is 11.9 Å². The van der Waals surface area contributed by atoms with Gasteiger partial charge in [-0.15, -0.1) is 11.3 Å². The lowest BCUT2D eigenvalue weighted by molar-refractivity contribution is -0.121. The highest BCUT2D eigenvalue weighted by Crippen LogP contribution is 2.31. The van der Waals surface area contributed by atoms with Gasteiger partial charge in [0, 0.05) is 16.1 Å². The molecule has 1 atom stereocenters. The second kappa shape index (κ2) is 7.33. The molecule has 5 nitrogen and oxygen atoms in total. The highest BCUT2D eigenvalue weighted by molar-refractivity contribution is 7.10. The zero-order valence-electron chi connectivity index (χ0n) is 14.6. The quantitative estimate of drug-likeness (QED) is 0.748. The highest BCUT2D eigenvalue weighted by Gasteiger charge is 2.26. The van der Waals surface area contributed by atoms with Gasteiger partial charge in [-0.25, -0.2) is 4.68 Å². The summed E-state index contributed by atoms with van der Waals surface area (Å²) in [6.07, 6.45) is 5.31. The van der Waals surface area contributed by atoms with Crippen LogP contribution in [0.4, 0.5) is 0 Å². The van der Waals surface area contributed by atoms with Crippen LogP contribution in [0.2, 0.25) is 0 Å². The van der Waals surface area contributed by atoms with Crippen molar-refractivity contribution in [2.75, 3.05) is 7.11 Å². The molecule has 1 aromatic carbocycles. The average Bonchev–Trinajstić information content (AvgIpc) is 3.32. The molecule has 3 aromatic rings. The first-order valence-electron chi connectivity index (χ1n) is 8.77. The summed E-state index contributed by atoms with van der Waals surface area (Å²) in [5, 5.41) is 9.77. The second-order valence-corrected chi connectivity index (χ2v) is 7.46. The van der Waals surface area contributed by atoms with Crippen molar-refractivity contribution < 1.29 is 9.53 Å². The zero-order valence-corrected chi connectivity index (χ0v) is 15.5. The summed E-state index contributed by atoms with van der Waals surface area (Å²) in [6, 6.07) is 11.9. The van der Waals surface area contributed by atoms with Gasteiger partial charge < -0.3 is 10.1 Å². The van der Waals surface area contributed by atoms with Gasteiger partial charge in [0.1, 0.15) is 5.75 Å². The van der Waals surface area contributed by atoms with Crippen LogP contribution in [0.1, 0.15) is 35.0 Å². The molecule has 6 heteroatoms. The number of ether oxygens (including phenoxy) is 1. The Morgan fingerprint density at radius 2 is 2.19 bits per heavy atom. The number of fused-ring (bicyclic) bond motifs is 1. The zero-order chi connectivity index (χ0) is 17.9. The highest BCUT2D eigenvalue weighted by atomic mass is 32.1. The van der Waals surface area contributed by atoms with E-state index in [0.717, 1.165) is 41.1 Å². The van der Waals surface area contributed by atoms with Crippen LogP contribution in [0.25, 0.3) is 5.69 Å². The first-order valence-corrected chi connectivity index (χ1v) is 9.65. The first kappa shape index (κ1) is 16.8. The Bertz CT molecular complexity index is 884. The number of thiophene rings is 1. The molecule has 1 aliphatic rings. The smallest absolute Gasteiger partial charge is 0.225 e. The van der Waals surface area contributed by atoms with Crippen LogP contribution in [0.3, 0.4) is 0 Å². The molecule has 1 N–H and O–H groups in total. The van der Waals surface area contributed by atoms with Gasteiger partial charge in [0.2, 0.25) is 5.91 Å². The molecular weight excluding hydrogens is 346 g/mol. The van der Waals surface area contributed by atoms with E-state index < -0.39 is 0 Å². The van der Waals surface area contributed by atoms with Crippen molar-refractivity contribution in [2.45, 2.75) is 31.7 Å². The van der Waals surface area contributed by atoms with Gasteiger partial charge in [-0.2, -0.15) is 5.10 Å². The number of rotatable bonds is 5. The molecule has 0 saturated carbocycles. The molecule has 26 heavy (non-hydrogen) atoms. The van der Waals surface area contributed by atoms with E-state index in [9.17, 15) is 4.79 Å². The van der Waals surface area contributed by atoms with Gasteiger partial charge in [0.15, 0.2) is 0 Å². The van der Waals surface area contributed by atoms with E-state index in [4.69, 9.17) is 4.74 Å². The van der Waals surface area contributed by atoms with E-state index in [2.05, 4.69) is 10.4 Å². The fourth-order valence-electron chi connectivity index (χ4n) is 3.47. The minimum Gasteiger partial charge on any atom is -0.497 e. The van der Waals surface area contributed by atoms with E-state index in [0.29, 0.717) is 6.42 Å². The monoisotopic (exact) mass is 367 g/mol. The number of methoxy groups -OCH3 is 1. The predicted octanol–water partition coefficient (Wildman–Crippen LogP) is 3.68. The standard InChI is InChI=1S/C20H21N3O2S/c1-25-15-9-7-14(8-10-15)23-19-6-2-5-18(17(19)13-21-23)22-20(24)12-16-4-3-11-26-16/h3-4,7-11,13,18H,2,5-6,12H2,1H3,(H,22,24)/t18-/m0/s1. The van der Waals surface area contributed by atoms with Crippen LogP contribution in [-0.2, 0) is 17.6 Å². The molecule has 0 fully saturated rings. The number of benzene rings is 1. The summed E-state index contributed by atoms with van der Waals surface area (Å²) in [5.74, 6) is 0.899. The molecule has 2 aromatic heterocycles. The number of carbonyl (C=O) groups is 1. The number of nitrogens with zero attached hydrogens (tertiary/aromatic N) is 2. The van der Waals surface area contributed by atoms with Crippen molar-refractivity contribution in [1.82, 2.24) is 15.1 Å². The first-order chi connectivity index (χ1) is 12.7. The summed E-state index contributed by atoms with van der Waals surface area (Å²) in [4.78, 5) is 13.5. The lowest BCUT2D eigenvalue weighted by atomic mass is 9.92. The van der Waals surface area contributed by atoms with Crippen LogP contribution in [0, 0.1) is 0 Å². The average molecular weight is 367 g/mol. The minimum absolute atomic E-state index is 0.0400. The van der Waals surface area contributed by atoms with Gasteiger partial charge in [-0.3, -0.25) is 4.79 Å². The molecule has 1 aliphatic carbocycles. The molecular formula is C20H21N3O2S. The van der Waals surface area contributed by atoms with Crippen molar-refractivity contribution in [1.29, 1.82) is 0 Å². The number of nitrogens with one attached hydrogen (secondary N) is 1. The van der Waals surface area contributed by atoms with Crippen LogP contribution in [0.5, 0.6) is 5.75 Å². The lowest BCUT2D eigenvalue weighted by Gasteiger charge is -2.24. The van der Waals surface area contributed by atoms with Crippen LogP contribution in [0.15, 0.2) is 48.0 Å². The molecule has 0 saturated heterocycles. The predicted molar refractivity (Wildman–Crippen MR) is 102 cm³/mol. The number of hydrogen-bond acceptors (Lipinski definition) is 4. The summed E-state index contributed by atoms with van der Waals surface area (Å²) >= 11 is 1.62. The Labute approximate surface area is 156 Å².